The zero-order valence-corrected chi connectivity index (χ0v) is 6.05. The molecule has 1 heterocycles. The second kappa shape index (κ2) is 2.57. The Hall–Kier alpha value is -0.580. The summed E-state index contributed by atoms with van der Waals surface area (Å²) in [6, 6.07) is 0. The summed E-state index contributed by atoms with van der Waals surface area (Å²) < 4.78 is 19.6. The molecule has 0 aromatic heterocycles. The Balaban J connectivity index is 2.59. The molecule has 0 unspecified atom stereocenters. The molecule has 0 spiro atoms. The monoisotopic (exact) mass is 146 g/mol. The molecule has 1 fully saturated rings. The summed E-state index contributed by atoms with van der Waals surface area (Å²) in [4.78, 5) is 0. The topological polar surface area (TPSA) is 36.9 Å². The van der Waals surface area contributed by atoms with Crippen molar-refractivity contribution in [2.45, 2.75) is 6.16 Å². The molecule has 4 nitrogen and oxygen atoms in total. The first kappa shape index (κ1) is 7.53. The highest BCUT2D eigenvalue weighted by Crippen LogP contribution is 2.25. The molecule has 4 heteroatoms. The fraction of sp³-hybridized carbons (Fsp3) is 0.667. The van der Waals surface area contributed by atoms with Gasteiger partial charge in [-0.1, -0.05) is 6.58 Å². The number of ether oxygens (including phenoxy) is 4. The van der Waals surface area contributed by atoms with E-state index < -0.39 is 6.16 Å². The Bertz CT molecular complexity index is 139. The van der Waals surface area contributed by atoms with E-state index in [-0.39, 0.29) is 0 Å². The van der Waals surface area contributed by atoms with E-state index in [9.17, 15) is 0 Å². The van der Waals surface area contributed by atoms with Gasteiger partial charge in [0, 0.05) is 14.2 Å². The third kappa shape index (κ3) is 1.13. The van der Waals surface area contributed by atoms with Gasteiger partial charge in [-0.2, -0.15) is 0 Å². The van der Waals surface area contributed by atoms with Crippen LogP contribution in [-0.2, 0) is 18.9 Å². The Morgan fingerprint density at radius 3 is 2.30 bits per heavy atom. The molecule has 0 amide bonds. The van der Waals surface area contributed by atoms with E-state index in [4.69, 9.17) is 18.9 Å². The van der Waals surface area contributed by atoms with Gasteiger partial charge in [0.05, 0.1) is 0 Å². The van der Waals surface area contributed by atoms with Crippen LogP contribution in [0.2, 0.25) is 0 Å². The van der Waals surface area contributed by atoms with Crippen molar-refractivity contribution in [2.75, 3.05) is 20.8 Å². The van der Waals surface area contributed by atoms with Crippen LogP contribution in [0.4, 0.5) is 0 Å². The molecule has 1 rings (SSSR count). The molecule has 0 aliphatic carbocycles. The average molecular weight is 146 g/mol. The Morgan fingerprint density at radius 2 is 2.10 bits per heavy atom. The lowest BCUT2D eigenvalue weighted by atomic mass is 10.6. The van der Waals surface area contributed by atoms with Gasteiger partial charge in [0.2, 0.25) is 0 Å². The van der Waals surface area contributed by atoms with Crippen molar-refractivity contribution >= 4 is 0 Å². The second-order valence-corrected chi connectivity index (χ2v) is 1.84. The lowest BCUT2D eigenvalue weighted by molar-refractivity contribution is -0.443. The van der Waals surface area contributed by atoms with Crippen LogP contribution in [0, 0.1) is 0 Å². The fourth-order valence-corrected chi connectivity index (χ4v) is 0.689. The van der Waals surface area contributed by atoms with Gasteiger partial charge in [-0.3, -0.25) is 14.2 Å². The highest BCUT2D eigenvalue weighted by Gasteiger charge is 2.40. The van der Waals surface area contributed by atoms with E-state index in [0.29, 0.717) is 12.4 Å². The number of methoxy groups -OCH3 is 2. The first-order valence-corrected chi connectivity index (χ1v) is 2.83. The smallest absolute Gasteiger partial charge is 0.419 e. The van der Waals surface area contributed by atoms with Gasteiger partial charge in [0.1, 0.15) is 12.4 Å². The van der Waals surface area contributed by atoms with Crippen molar-refractivity contribution in [3.8, 4) is 0 Å². The van der Waals surface area contributed by atoms with Gasteiger partial charge in [0.25, 0.3) is 0 Å². The molecular weight excluding hydrogens is 136 g/mol. The number of hydrogen-bond acceptors (Lipinski definition) is 4. The van der Waals surface area contributed by atoms with E-state index in [0.717, 1.165) is 0 Å². The average Bonchev–Trinajstić information content (AvgIpc) is 2.33. The van der Waals surface area contributed by atoms with Crippen LogP contribution < -0.4 is 0 Å². The van der Waals surface area contributed by atoms with Crippen molar-refractivity contribution in [1.82, 2.24) is 0 Å². The molecule has 0 aromatic carbocycles. The summed E-state index contributed by atoms with van der Waals surface area (Å²) in [5.74, 6) is 0.503. The lowest BCUT2D eigenvalue weighted by Gasteiger charge is -2.21. The van der Waals surface area contributed by atoms with Gasteiger partial charge >= 0.3 is 6.16 Å². The van der Waals surface area contributed by atoms with E-state index >= 15 is 0 Å². The maximum Gasteiger partial charge on any atom is 0.460 e. The summed E-state index contributed by atoms with van der Waals surface area (Å²) >= 11 is 0. The Morgan fingerprint density at radius 1 is 1.50 bits per heavy atom. The molecule has 0 saturated carbocycles. The normalized spacial score (nSPS) is 22.8. The van der Waals surface area contributed by atoms with Crippen LogP contribution in [0.1, 0.15) is 0 Å². The van der Waals surface area contributed by atoms with Gasteiger partial charge in [-0.15, -0.1) is 0 Å². The molecule has 10 heavy (non-hydrogen) atoms. The van der Waals surface area contributed by atoms with Crippen molar-refractivity contribution in [3.05, 3.63) is 12.3 Å². The molecule has 0 atom stereocenters. The fourth-order valence-electron chi connectivity index (χ4n) is 0.689. The maximum absolute atomic E-state index is 4.99. The van der Waals surface area contributed by atoms with E-state index in [2.05, 4.69) is 6.58 Å². The summed E-state index contributed by atoms with van der Waals surface area (Å²) in [5, 5.41) is 0. The molecule has 58 valence electrons. The molecule has 1 aliphatic rings. The highest BCUT2D eigenvalue weighted by atomic mass is 17.0. The lowest BCUT2D eigenvalue weighted by Crippen LogP contribution is -2.34. The van der Waals surface area contributed by atoms with Crippen molar-refractivity contribution in [1.29, 1.82) is 0 Å². The summed E-state index contributed by atoms with van der Waals surface area (Å²) in [5.41, 5.74) is 0. The van der Waals surface area contributed by atoms with Crippen LogP contribution >= 0.6 is 0 Å². The third-order valence-electron chi connectivity index (χ3n) is 1.18. The predicted molar refractivity (Wildman–Crippen MR) is 32.9 cm³/mol. The quantitative estimate of drug-likeness (QED) is 0.530. The summed E-state index contributed by atoms with van der Waals surface area (Å²) in [6.07, 6.45) is -1.35. The Kier molecular flexibility index (Phi) is 1.94. The molecular formula is C6H10O4. The number of hydrogen-bond donors (Lipinski definition) is 0. The van der Waals surface area contributed by atoms with Crippen LogP contribution in [0.5, 0.6) is 0 Å². The minimum atomic E-state index is -1.35. The maximum atomic E-state index is 4.99. The van der Waals surface area contributed by atoms with Crippen molar-refractivity contribution < 1.29 is 18.9 Å². The zero-order valence-electron chi connectivity index (χ0n) is 6.05. The molecule has 0 bridgehead atoms. The molecule has 1 saturated heterocycles. The van der Waals surface area contributed by atoms with Gasteiger partial charge in [-0.25, -0.2) is 0 Å². The van der Waals surface area contributed by atoms with E-state index in [1.165, 1.54) is 14.2 Å². The second-order valence-electron chi connectivity index (χ2n) is 1.84. The highest BCUT2D eigenvalue weighted by molar-refractivity contribution is 4.87. The minimum Gasteiger partial charge on any atom is -0.419 e. The summed E-state index contributed by atoms with van der Waals surface area (Å²) in [6.45, 7) is 3.85. The van der Waals surface area contributed by atoms with Crippen LogP contribution in [0.15, 0.2) is 12.3 Å². The largest absolute Gasteiger partial charge is 0.460 e. The zero-order chi connectivity index (χ0) is 7.61. The van der Waals surface area contributed by atoms with Gasteiger partial charge in [-0.05, 0) is 0 Å². The Labute approximate surface area is 59.3 Å². The molecule has 0 N–H and O–H groups in total. The minimum absolute atomic E-state index is 0.307. The van der Waals surface area contributed by atoms with Gasteiger partial charge < -0.3 is 4.74 Å². The van der Waals surface area contributed by atoms with E-state index in [1.807, 2.05) is 0 Å². The molecule has 0 radical (unpaired) electrons. The van der Waals surface area contributed by atoms with Crippen LogP contribution in [-0.4, -0.2) is 27.0 Å². The third-order valence-corrected chi connectivity index (χ3v) is 1.18. The SMILES string of the molecule is C=C1COC(OC)(OC)O1. The molecule has 1 aliphatic heterocycles. The number of rotatable bonds is 2. The first-order valence-electron chi connectivity index (χ1n) is 2.83. The van der Waals surface area contributed by atoms with Crippen LogP contribution in [0.25, 0.3) is 0 Å². The van der Waals surface area contributed by atoms with Crippen molar-refractivity contribution in [2.24, 2.45) is 0 Å². The first-order chi connectivity index (χ1) is 4.72. The summed E-state index contributed by atoms with van der Waals surface area (Å²) in [7, 11) is 2.87. The van der Waals surface area contributed by atoms with Gasteiger partial charge in [0.15, 0.2) is 0 Å². The van der Waals surface area contributed by atoms with Crippen LogP contribution in [0.3, 0.4) is 0 Å². The van der Waals surface area contributed by atoms with Crippen molar-refractivity contribution in [3.63, 3.8) is 0 Å². The standard InChI is InChI=1S/C6H10O4/c1-5-4-9-6(7-2,8-3)10-5/h1,4H2,2-3H3. The predicted octanol–water partition coefficient (Wildman–Crippen LogP) is 0.451. The van der Waals surface area contributed by atoms with E-state index in [1.54, 1.807) is 0 Å². The molecule has 0 aromatic rings.